The number of anilines is 1. The Balaban J connectivity index is 1.61. The molecule has 0 saturated carbocycles. The molecule has 2 saturated heterocycles. The van der Waals surface area contributed by atoms with Crippen LogP contribution in [-0.4, -0.2) is 75.5 Å². The molecular formula is C19H24N4O5. The van der Waals surface area contributed by atoms with Crippen LogP contribution in [-0.2, 0) is 14.3 Å². The van der Waals surface area contributed by atoms with Gasteiger partial charge in [0.2, 0.25) is 5.91 Å². The summed E-state index contributed by atoms with van der Waals surface area (Å²) < 4.78 is 10.4. The smallest absolute Gasteiger partial charge is 0.335 e. The van der Waals surface area contributed by atoms with Crippen molar-refractivity contribution in [2.24, 2.45) is 10.9 Å². The summed E-state index contributed by atoms with van der Waals surface area (Å²) in [6.07, 6.45) is 2.15. The number of nitrogens with one attached hydrogen (secondary N) is 1. The van der Waals surface area contributed by atoms with Crippen molar-refractivity contribution in [3.05, 3.63) is 24.3 Å². The van der Waals surface area contributed by atoms with Gasteiger partial charge in [-0.1, -0.05) is 6.07 Å². The summed E-state index contributed by atoms with van der Waals surface area (Å²) in [5, 5.41) is 2.21. The molecule has 28 heavy (non-hydrogen) atoms. The first kappa shape index (κ1) is 20.0. The van der Waals surface area contributed by atoms with Gasteiger partial charge in [0, 0.05) is 38.5 Å². The molecule has 2 heterocycles. The second kappa shape index (κ2) is 9.43. The number of barbiturate groups is 1. The molecule has 2 aliphatic rings. The topological polar surface area (TPSA) is 101 Å². The molecule has 4 amide bonds. The van der Waals surface area contributed by atoms with Crippen molar-refractivity contribution in [3.8, 4) is 5.75 Å². The van der Waals surface area contributed by atoms with Crippen LogP contribution in [0, 0.1) is 5.92 Å². The van der Waals surface area contributed by atoms with Crippen molar-refractivity contribution in [3.63, 3.8) is 0 Å². The summed E-state index contributed by atoms with van der Waals surface area (Å²) in [5.74, 6) is -1.92. The normalized spacial score (nSPS) is 21.2. The minimum absolute atomic E-state index is 0.333. The Morgan fingerprint density at radius 2 is 2.07 bits per heavy atom. The van der Waals surface area contributed by atoms with Crippen LogP contribution in [0.15, 0.2) is 29.3 Å². The van der Waals surface area contributed by atoms with Crippen LogP contribution in [0.5, 0.6) is 5.75 Å². The van der Waals surface area contributed by atoms with Gasteiger partial charge < -0.3 is 9.47 Å². The van der Waals surface area contributed by atoms with Crippen LogP contribution in [0.25, 0.3) is 0 Å². The van der Waals surface area contributed by atoms with Gasteiger partial charge in [-0.3, -0.25) is 24.8 Å². The van der Waals surface area contributed by atoms with E-state index in [0.717, 1.165) is 44.2 Å². The van der Waals surface area contributed by atoms with Crippen molar-refractivity contribution in [1.82, 2.24) is 10.2 Å². The molecule has 2 fully saturated rings. The van der Waals surface area contributed by atoms with Gasteiger partial charge >= 0.3 is 6.03 Å². The number of hydrogen-bond donors (Lipinski definition) is 1. The number of carbonyl (C=O) groups excluding carboxylic acids is 3. The van der Waals surface area contributed by atoms with Crippen LogP contribution in [0.3, 0.4) is 0 Å². The molecule has 0 bridgehead atoms. The lowest BCUT2D eigenvalue weighted by atomic mass is 10.1. The number of rotatable bonds is 7. The van der Waals surface area contributed by atoms with E-state index in [1.807, 2.05) is 0 Å². The Bertz CT molecular complexity index is 760. The molecule has 1 aromatic carbocycles. The number of urea groups is 1. The van der Waals surface area contributed by atoms with E-state index in [1.165, 1.54) is 13.3 Å². The van der Waals surface area contributed by atoms with E-state index in [0.29, 0.717) is 18.0 Å². The first-order valence-electron chi connectivity index (χ1n) is 9.23. The number of morpholine rings is 1. The number of nitrogens with zero attached hydrogens (tertiary/aromatic N) is 3. The highest BCUT2D eigenvalue weighted by atomic mass is 16.5. The van der Waals surface area contributed by atoms with Crippen molar-refractivity contribution < 1.29 is 23.9 Å². The van der Waals surface area contributed by atoms with Crippen molar-refractivity contribution in [2.75, 3.05) is 51.4 Å². The highest BCUT2D eigenvalue weighted by Crippen LogP contribution is 2.24. The molecule has 1 N–H and O–H groups in total. The average Bonchev–Trinajstić information content (AvgIpc) is 2.70. The van der Waals surface area contributed by atoms with E-state index < -0.39 is 23.8 Å². The van der Waals surface area contributed by atoms with Crippen LogP contribution >= 0.6 is 0 Å². The van der Waals surface area contributed by atoms with E-state index in [9.17, 15) is 14.4 Å². The summed E-state index contributed by atoms with van der Waals surface area (Å²) in [5.41, 5.74) is 0.333. The molecule has 3 rings (SSSR count). The highest BCUT2D eigenvalue weighted by molar-refractivity contribution is 6.32. The zero-order valence-electron chi connectivity index (χ0n) is 15.8. The maximum absolute atomic E-state index is 12.7. The SMILES string of the molecule is COc1cccc(N2C(=O)NC(=O)[C@H](C=NCCCN3CCOCC3)C2=O)c1. The van der Waals surface area contributed by atoms with E-state index in [-0.39, 0.29) is 0 Å². The fraction of sp³-hybridized carbons (Fsp3) is 0.474. The Labute approximate surface area is 163 Å². The van der Waals surface area contributed by atoms with Gasteiger partial charge in [-0.15, -0.1) is 0 Å². The molecule has 0 aromatic heterocycles. The van der Waals surface area contributed by atoms with Gasteiger partial charge in [-0.2, -0.15) is 0 Å². The Hall–Kier alpha value is -2.78. The summed E-state index contributed by atoms with van der Waals surface area (Å²) in [6, 6.07) is 5.75. The van der Waals surface area contributed by atoms with E-state index in [1.54, 1.807) is 24.3 Å². The summed E-state index contributed by atoms with van der Waals surface area (Å²) in [4.78, 5) is 44.5. The molecule has 0 spiro atoms. The predicted octanol–water partition coefficient (Wildman–Crippen LogP) is 0.687. The highest BCUT2D eigenvalue weighted by Gasteiger charge is 2.40. The number of methoxy groups -OCH3 is 1. The number of hydrogen-bond acceptors (Lipinski definition) is 7. The first-order valence-corrected chi connectivity index (χ1v) is 9.23. The van der Waals surface area contributed by atoms with Gasteiger partial charge in [0.05, 0.1) is 26.0 Å². The molecule has 1 aromatic rings. The molecule has 9 nitrogen and oxygen atoms in total. The number of carbonyl (C=O) groups is 3. The van der Waals surface area contributed by atoms with Crippen molar-refractivity contribution in [1.29, 1.82) is 0 Å². The number of imide groups is 2. The summed E-state index contributed by atoms with van der Waals surface area (Å²) >= 11 is 0. The minimum atomic E-state index is -1.13. The molecular weight excluding hydrogens is 364 g/mol. The molecule has 0 radical (unpaired) electrons. The number of amides is 4. The third kappa shape index (κ3) is 4.73. The largest absolute Gasteiger partial charge is 0.497 e. The van der Waals surface area contributed by atoms with Crippen LogP contribution in [0.2, 0.25) is 0 Å². The van der Waals surface area contributed by atoms with Gasteiger partial charge in [0.15, 0.2) is 5.92 Å². The van der Waals surface area contributed by atoms with Crippen molar-refractivity contribution in [2.45, 2.75) is 6.42 Å². The van der Waals surface area contributed by atoms with Gasteiger partial charge in [0.1, 0.15) is 5.75 Å². The molecule has 9 heteroatoms. The fourth-order valence-corrected chi connectivity index (χ4v) is 3.11. The maximum atomic E-state index is 12.7. The monoisotopic (exact) mass is 388 g/mol. The maximum Gasteiger partial charge on any atom is 0.335 e. The lowest BCUT2D eigenvalue weighted by Gasteiger charge is -2.28. The molecule has 1 atom stereocenters. The number of ether oxygens (including phenoxy) is 2. The Morgan fingerprint density at radius 3 is 2.82 bits per heavy atom. The lowest BCUT2D eigenvalue weighted by Crippen LogP contribution is -2.58. The molecule has 0 aliphatic carbocycles. The average molecular weight is 388 g/mol. The second-order valence-corrected chi connectivity index (χ2v) is 6.51. The van der Waals surface area contributed by atoms with E-state index in [2.05, 4.69) is 15.2 Å². The van der Waals surface area contributed by atoms with Crippen LogP contribution in [0.4, 0.5) is 10.5 Å². The summed E-state index contributed by atoms with van der Waals surface area (Å²) in [6.45, 7) is 4.69. The van der Waals surface area contributed by atoms with Crippen molar-refractivity contribution >= 4 is 29.7 Å². The zero-order valence-corrected chi connectivity index (χ0v) is 15.8. The first-order chi connectivity index (χ1) is 13.6. The standard InChI is InChI=1S/C19H24N4O5/c1-27-15-5-2-4-14(12-15)23-18(25)16(17(24)21-19(23)26)13-20-6-3-7-22-8-10-28-11-9-22/h2,4-5,12-13,16H,3,6-11H2,1H3,(H,21,24,26)/t16-/m0/s1. The molecule has 0 unspecified atom stereocenters. The summed E-state index contributed by atoms with van der Waals surface area (Å²) in [7, 11) is 1.49. The number of aliphatic imine (C=N–C) groups is 1. The molecule has 150 valence electrons. The fourth-order valence-electron chi connectivity index (χ4n) is 3.11. The van der Waals surface area contributed by atoms with E-state index in [4.69, 9.17) is 9.47 Å². The Morgan fingerprint density at radius 1 is 1.29 bits per heavy atom. The van der Waals surface area contributed by atoms with Crippen LogP contribution in [0.1, 0.15) is 6.42 Å². The number of benzene rings is 1. The minimum Gasteiger partial charge on any atom is -0.497 e. The molecule has 2 aliphatic heterocycles. The van der Waals surface area contributed by atoms with Crippen LogP contribution < -0.4 is 15.0 Å². The predicted molar refractivity (Wildman–Crippen MR) is 103 cm³/mol. The second-order valence-electron chi connectivity index (χ2n) is 6.51. The third-order valence-electron chi connectivity index (χ3n) is 4.63. The zero-order chi connectivity index (χ0) is 19.9. The Kier molecular flexibility index (Phi) is 6.72. The van der Waals surface area contributed by atoms with Gasteiger partial charge in [0.25, 0.3) is 5.91 Å². The van der Waals surface area contributed by atoms with E-state index >= 15 is 0 Å². The lowest BCUT2D eigenvalue weighted by molar-refractivity contribution is -0.131. The van der Waals surface area contributed by atoms with Gasteiger partial charge in [-0.05, 0) is 18.6 Å². The third-order valence-corrected chi connectivity index (χ3v) is 4.63. The van der Waals surface area contributed by atoms with Gasteiger partial charge in [-0.25, -0.2) is 9.69 Å². The quantitative estimate of drug-likeness (QED) is 0.419.